The summed E-state index contributed by atoms with van der Waals surface area (Å²) in [6.45, 7) is 1.83. The maximum atomic E-state index is 2.38. The van der Waals surface area contributed by atoms with Crippen LogP contribution in [0.1, 0.15) is 11.1 Å². The summed E-state index contributed by atoms with van der Waals surface area (Å²) < 4.78 is 0. The van der Waals surface area contributed by atoms with Crippen LogP contribution < -0.4 is 0 Å². The minimum absolute atomic E-state index is 0.916. The predicted octanol–water partition coefficient (Wildman–Crippen LogP) is 7.45. The molecule has 0 fully saturated rings. The molecule has 5 rings (SSSR count). The molecule has 0 N–H and O–H groups in total. The zero-order valence-corrected chi connectivity index (χ0v) is 20.5. The molecule has 0 amide bonds. The molecule has 2 nitrogen and oxygen atoms in total. The number of nitrogens with zero attached hydrogens (tertiary/aromatic N) is 2. The van der Waals surface area contributed by atoms with Crippen LogP contribution >= 0.6 is 0 Å². The van der Waals surface area contributed by atoms with Gasteiger partial charge < -0.3 is 9.80 Å². The van der Waals surface area contributed by atoms with Crippen LogP contribution in [0.5, 0.6) is 0 Å². The molecule has 0 aromatic heterocycles. The molecule has 0 bridgehead atoms. The van der Waals surface area contributed by atoms with Crippen LogP contribution in [0.4, 0.5) is 0 Å². The zero-order valence-electron chi connectivity index (χ0n) is 20.5. The molecule has 170 valence electrons. The van der Waals surface area contributed by atoms with Crippen molar-refractivity contribution in [1.29, 1.82) is 0 Å². The number of rotatable bonds is 6. The first kappa shape index (κ1) is 22.3. The second-order valence-corrected chi connectivity index (χ2v) is 9.73. The Morgan fingerprint density at radius 2 is 0.853 bits per heavy atom. The lowest BCUT2D eigenvalue weighted by Gasteiger charge is -2.18. The minimum Gasteiger partial charge on any atom is -0.305 e. The number of hydrogen-bond acceptors (Lipinski definition) is 2. The van der Waals surface area contributed by atoms with E-state index in [1.165, 1.54) is 54.9 Å². The lowest BCUT2D eigenvalue weighted by atomic mass is 9.89. The monoisotopic (exact) mass is 444 g/mol. The Balaban J connectivity index is 1.72. The van der Waals surface area contributed by atoms with Crippen molar-refractivity contribution >= 4 is 21.5 Å². The van der Waals surface area contributed by atoms with Gasteiger partial charge in [-0.2, -0.15) is 0 Å². The number of hydrogen-bond donors (Lipinski definition) is 0. The summed E-state index contributed by atoms with van der Waals surface area (Å²) in [4.78, 5) is 4.49. The molecule has 5 aromatic carbocycles. The van der Waals surface area contributed by atoms with E-state index in [4.69, 9.17) is 0 Å². The third-order valence-corrected chi connectivity index (χ3v) is 6.42. The van der Waals surface area contributed by atoms with Crippen molar-refractivity contribution in [3.8, 4) is 22.3 Å². The molecular formula is C32H32N2. The molecule has 0 heterocycles. The number of fused-ring (bicyclic) bond motifs is 2. The zero-order chi connectivity index (χ0) is 23.7. The van der Waals surface area contributed by atoms with Crippen LogP contribution in [0.15, 0.2) is 97.1 Å². The maximum absolute atomic E-state index is 2.38. The van der Waals surface area contributed by atoms with E-state index in [9.17, 15) is 0 Å². The smallest absolute Gasteiger partial charge is 0.0234 e. The highest BCUT2D eigenvalue weighted by molar-refractivity contribution is 5.96. The SMILES string of the molecule is CN(C)Cc1cc(-c2ccccc2-c2cc(CN(C)C)c3ccccc3c2)cc2ccccc12. The van der Waals surface area contributed by atoms with Gasteiger partial charge in [-0.3, -0.25) is 0 Å². The number of benzene rings is 5. The van der Waals surface area contributed by atoms with Gasteiger partial charge in [-0.1, -0.05) is 72.8 Å². The van der Waals surface area contributed by atoms with E-state index in [0.29, 0.717) is 0 Å². The molecule has 5 aromatic rings. The Morgan fingerprint density at radius 1 is 0.471 bits per heavy atom. The van der Waals surface area contributed by atoms with Crippen LogP contribution in [0.25, 0.3) is 43.8 Å². The summed E-state index contributed by atoms with van der Waals surface area (Å²) in [5, 5.41) is 5.24. The third-order valence-electron chi connectivity index (χ3n) is 6.42. The summed E-state index contributed by atoms with van der Waals surface area (Å²) >= 11 is 0. The second-order valence-electron chi connectivity index (χ2n) is 9.73. The van der Waals surface area contributed by atoms with Gasteiger partial charge in [0.2, 0.25) is 0 Å². The first-order chi connectivity index (χ1) is 16.5. The van der Waals surface area contributed by atoms with E-state index >= 15 is 0 Å². The Labute approximate surface area is 203 Å². The van der Waals surface area contributed by atoms with Crippen LogP contribution in [-0.4, -0.2) is 38.0 Å². The molecule has 0 spiro atoms. The van der Waals surface area contributed by atoms with Gasteiger partial charge >= 0.3 is 0 Å². The second kappa shape index (κ2) is 9.42. The lowest BCUT2D eigenvalue weighted by Crippen LogP contribution is -2.11. The first-order valence-corrected chi connectivity index (χ1v) is 11.9. The quantitative estimate of drug-likeness (QED) is 0.268. The molecule has 0 saturated carbocycles. The van der Waals surface area contributed by atoms with E-state index in [0.717, 1.165) is 13.1 Å². The van der Waals surface area contributed by atoms with Crippen molar-refractivity contribution in [3.63, 3.8) is 0 Å². The van der Waals surface area contributed by atoms with Crippen LogP contribution in [0, 0.1) is 0 Å². The molecule has 0 aliphatic heterocycles. The van der Waals surface area contributed by atoms with Crippen LogP contribution in [0.3, 0.4) is 0 Å². The van der Waals surface area contributed by atoms with Crippen molar-refractivity contribution in [1.82, 2.24) is 9.80 Å². The van der Waals surface area contributed by atoms with E-state index in [1.807, 2.05) is 0 Å². The third kappa shape index (κ3) is 4.48. The highest BCUT2D eigenvalue weighted by atomic mass is 15.1. The van der Waals surface area contributed by atoms with Gasteiger partial charge in [0.05, 0.1) is 0 Å². The summed E-state index contributed by atoms with van der Waals surface area (Å²) in [7, 11) is 8.54. The molecule has 2 heteroatoms. The van der Waals surface area contributed by atoms with Crippen molar-refractivity contribution < 1.29 is 0 Å². The highest BCUT2D eigenvalue weighted by Gasteiger charge is 2.13. The molecule has 0 radical (unpaired) electrons. The normalized spacial score (nSPS) is 11.7. The Hall–Kier alpha value is -3.46. The van der Waals surface area contributed by atoms with Gasteiger partial charge in [0.1, 0.15) is 0 Å². The van der Waals surface area contributed by atoms with Gasteiger partial charge in [0, 0.05) is 13.1 Å². The van der Waals surface area contributed by atoms with Gasteiger partial charge in [-0.05, 0) is 107 Å². The molecule has 0 atom stereocenters. The predicted molar refractivity (Wildman–Crippen MR) is 147 cm³/mol. The van der Waals surface area contributed by atoms with Gasteiger partial charge in [-0.25, -0.2) is 0 Å². The summed E-state index contributed by atoms with van der Waals surface area (Å²) in [6, 6.07) is 35.7. The molecule has 0 aliphatic carbocycles. The standard InChI is InChI=1S/C32H32N2/c1-33(2)21-27-19-25(17-23-11-5-7-13-29(23)27)31-15-9-10-16-32(31)26-18-24-12-6-8-14-30(24)28(20-26)22-34(3)4/h5-20H,21-22H2,1-4H3. The van der Waals surface area contributed by atoms with Crippen molar-refractivity contribution in [3.05, 3.63) is 108 Å². The Morgan fingerprint density at radius 3 is 1.26 bits per heavy atom. The molecule has 34 heavy (non-hydrogen) atoms. The average molecular weight is 445 g/mol. The lowest BCUT2D eigenvalue weighted by molar-refractivity contribution is 0.404. The first-order valence-electron chi connectivity index (χ1n) is 11.9. The summed E-state index contributed by atoms with van der Waals surface area (Å²) in [6.07, 6.45) is 0. The Kier molecular flexibility index (Phi) is 6.19. The molecule has 0 aliphatic rings. The maximum Gasteiger partial charge on any atom is 0.0234 e. The summed E-state index contributed by atoms with van der Waals surface area (Å²) in [5.41, 5.74) is 7.82. The van der Waals surface area contributed by atoms with E-state index in [1.54, 1.807) is 0 Å². The van der Waals surface area contributed by atoms with Crippen LogP contribution in [-0.2, 0) is 13.1 Å². The Bertz CT molecular complexity index is 1350. The molecular weight excluding hydrogens is 412 g/mol. The highest BCUT2D eigenvalue weighted by Crippen LogP contribution is 2.37. The van der Waals surface area contributed by atoms with Crippen molar-refractivity contribution in [2.45, 2.75) is 13.1 Å². The van der Waals surface area contributed by atoms with Gasteiger partial charge in [0.25, 0.3) is 0 Å². The van der Waals surface area contributed by atoms with Crippen LogP contribution in [0.2, 0.25) is 0 Å². The van der Waals surface area contributed by atoms with Crippen molar-refractivity contribution in [2.24, 2.45) is 0 Å². The fourth-order valence-corrected chi connectivity index (χ4v) is 5.02. The molecule has 0 saturated heterocycles. The van der Waals surface area contributed by atoms with Crippen molar-refractivity contribution in [2.75, 3.05) is 28.2 Å². The fraction of sp³-hybridized carbons (Fsp3) is 0.188. The average Bonchev–Trinajstić information content (AvgIpc) is 2.83. The van der Waals surface area contributed by atoms with E-state index in [-0.39, 0.29) is 0 Å². The largest absolute Gasteiger partial charge is 0.305 e. The fourth-order valence-electron chi connectivity index (χ4n) is 5.02. The van der Waals surface area contributed by atoms with Gasteiger partial charge in [0.15, 0.2) is 0 Å². The topological polar surface area (TPSA) is 6.48 Å². The summed E-state index contributed by atoms with van der Waals surface area (Å²) in [5.74, 6) is 0. The molecule has 0 unspecified atom stereocenters. The van der Waals surface area contributed by atoms with E-state index in [2.05, 4.69) is 135 Å². The van der Waals surface area contributed by atoms with Gasteiger partial charge in [-0.15, -0.1) is 0 Å². The van der Waals surface area contributed by atoms with E-state index < -0.39 is 0 Å². The minimum atomic E-state index is 0.916.